The number of primary amides is 1. The first kappa shape index (κ1) is 17.2. The number of amides is 1. The third-order valence-electron chi connectivity index (χ3n) is 5.41. The van der Waals surface area contributed by atoms with Crippen molar-refractivity contribution >= 4 is 17.2 Å². The molecule has 2 N–H and O–H groups in total. The van der Waals surface area contributed by atoms with Crippen molar-refractivity contribution in [3.05, 3.63) is 46.2 Å². The molecule has 3 heteroatoms. The quantitative estimate of drug-likeness (QED) is 0.749. The fourth-order valence-electron chi connectivity index (χ4n) is 3.58. The zero-order chi connectivity index (χ0) is 17.2. The molecule has 1 fully saturated rings. The highest BCUT2D eigenvalue weighted by Crippen LogP contribution is 2.40. The number of hydrogen-bond donors (Lipinski definition) is 1. The first-order chi connectivity index (χ1) is 11.4. The lowest BCUT2D eigenvalue weighted by Crippen LogP contribution is -2.21. The minimum absolute atomic E-state index is 0.372. The van der Waals surface area contributed by atoms with E-state index in [9.17, 15) is 4.79 Å². The van der Waals surface area contributed by atoms with E-state index in [0.717, 1.165) is 11.5 Å². The van der Waals surface area contributed by atoms with Crippen molar-refractivity contribution < 1.29 is 4.79 Å². The number of benzene rings is 1. The molecule has 0 aliphatic heterocycles. The second-order valence-electron chi connectivity index (χ2n) is 7.89. The van der Waals surface area contributed by atoms with Gasteiger partial charge >= 0.3 is 0 Å². The standard InChI is InChI=1S/C21H27NOS/c1-21(2)11-9-15(10-12-21)3-8-19-13-18(14-24-19)16-4-6-17(7-5-16)20(22)23/h4-7,13-15H,3,8-12H2,1-2H3,(H2,22,23). The predicted octanol–water partition coefficient (Wildman–Crippen LogP) is 5.66. The minimum atomic E-state index is -0.372. The highest BCUT2D eigenvalue weighted by Gasteiger charge is 2.26. The fraction of sp³-hybridized carbons (Fsp3) is 0.476. The van der Waals surface area contributed by atoms with E-state index in [2.05, 4.69) is 25.3 Å². The van der Waals surface area contributed by atoms with Crippen molar-refractivity contribution in [3.63, 3.8) is 0 Å². The molecule has 1 heterocycles. The van der Waals surface area contributed by atoms with E-state index in [4.69, 9.17) is 5.73 Å². The SMILES string of the molecule is CC1(C)CCC(CCc2cc(-c3ccc(C(N)=O)cc3)cs2)CC1. The number of carbonyl (C=O) groups excluding carboxylic acids is 1. The summed E-state index contributed by atoms with van der Waals surface area (Å²) in [5, 5.41) is 2.22. The van der Waals surface area contributed by atoms with Gasteiger partial charge in [-0.15, -0.1) is 11.3 Å². The van der Waals surface area contributed by atoms with Crippen LogP contribution in [-0.4, -0.2) is 5.91 Å². The normalized spacial score (nSPS) is 17.8. The lowest BCUT2D eigenvalue weighted by molar-refractivity contribution is 0.100. The minimum Gasteiger partial charge on any atom is -0.366 e. The van der Waals surface area contributed by atoms with Crippen LogP contribution in [0.4, 0.5) is 0 Å². The van der Waals surface area contributed by atoms with Crippen LogP contribution in [0.2, 0.25) is 0 Å². The van der Waals surface area contributed by atoms with E-state index in [1.165, 1.54) is 49.0 Å². The molecule has 1 aromatic carbocycles. The molecule has 0 saturated heterocycles. The molecule has 0 bridgehead atoms. The third-order valence-corrected chi connectivity index (χ3v) is 6.41. The molecule has 24 heavy (non-hydrogen) atoms. The van der Waals surface area contributed by atoms with Crippen molar-refractivity contribution in [1.82, 2.24) is 0 Å². The Morgan fingerprint density at radius 1 is 1.17 bits per heavy atom. The Labute approximate surface area is 149 Å². The van der Waals surface area contributed by atoms with E-state index in [-0.39, 0.29) is 5.91 Å². The van der Waals surface area contributed by atoms with Gasteiger partial charge < -0.3 is 5.73 Å². The first-order valence-electron chi connectivity index (χ1n) is 8.91. The van der Waals surface area contributed by atoms with Gasteiger partial charge in [0, 0.05) is 10.4 Å². The van der Waals surface area contributed by atoms with E-state index in [1.54, 1.807) is 12.1 Å². The molecule has 1 aliphatic carbocycles. The zero-order valence-corrected chi connectivity index (χ0v) is 15.5. The molecule has 2 nitrogen and oxygen atoms in total. The van der Waals surface area contributed by atoms with Crippen LogP contribution in [-0.2, 0) is 6.42 Å². The maximum Gasteiger partial charge on any atom is 0.248 e. The van der Waals surface area contributed by atoms with Crippen LogP contribution in [0.5, 0.6) is 0 Å². The van der Waals surface area contributed by atoms with Gasteiger partial charge in [0.1, 0.15) is 0 Å². The highest BCUT2D eigenvalue weighted by molar-refractivity contribution is 7.10. The molecule has 0 radical (unpaired) electrons. The van der Waals surface area contributed by atoms with Gasteiger partial charge in [-0.1, -0.05) is 26.0 Å². The molecule has 0 unspecified atom stereocenters. The Hall–Kier alpha value is -1.61. The number of hydrogen-bond acceptors (Lipinski definition) is 2. The van der Waals surface area contributed by atoms with Gasteiger partial charge in [-0.25, -0.2) is 0 Å². The van der Waals surface area contributed by atoms with Crippen LogP contribution in [0, 0.1) is 11.3 Å². The number of carbonyl (C=O) groups is 1. The van der Waals surface area contributed by atoms with E-state index in [0.29, 0.717) is 11.0 Å². The van der Waals surface area contributed by atoms with E-state index in [1.807, 2.05) is 23.5 Å². The Kier molecular flexibility index (Phi) is 5.09. The molecule has 1 aliphatic rings. The van der Waals surface area contributed by atoms with Gasteiger partial charge in [0.05, 0.1) is 0 Å². The second-order valence-corrected chi connectivity index (χ2v) is 8.89. The number of thiophene rings is 1. The maximum atomic E-state index is 11.2. The van der Waals surface area contributed by atoms with Gasteiger partial charge in [-0.2, -0.15) is 0 Å². The summed E-state index contributed by atoms with van der Waals surface area (Å²) >= 11 is 1.85. The predicted molar refractivity (Wildman–Crippen MR) is 102 cm³/mol. The van der Waals surface area contributed by atoms with Crippen molar-refractivity contribution in [2.45, 2.75) is 52.4 Å². The van der Waals surface area contributed by atoms with Crippen molar-refractivity contribution in [2.75, 3.05) is 0 Å². The average Bonchev–Trinajstić information content (AvgIpc) is 3.03. The molecular weight excluding hydrogens is 314 g/mol. The highest BCUT2D eigenvalue weighted by atomic mass is 32.1. The lowest BCUT2D eigenvalue weighted by atomic mass is 9.72. The maximum absolute atomic E-state index is 11.2. The van der Waals surface area contributed by atoms with Crippen LogP contribution in [0.3, 0.4) is 0 Å². The summed E-state index contributed by atoms with van der Waals surface area (Å²) in [5.41, 5.74) is 8.82. The summed E-state index contributed by atoms with van der Waals surface area (Å²) < 4.78 is 0. The molecule has 1 saturated carbocycles. The summed E-state index contributed by atoms with van der Waals surface area (Å²) in [6, 6.07) is 9.87. The van der Waals surface area contributed by atoms with Crippen LogP contribution in [0.15, 0.2) is 35.7 Å². The van der Waals surface area contributed by atoms with Gasteiger partial charge in [0.2, 0.25) is 5.91 Å². The Morgan fingerprint density at radius 3 is 2.46 bits per heavy atom. The molecule has 1 aromatic heterocycles. The summed E-state index contributed by atoms with van der Waals surface area (Å²) in [7, 11) is 0. The largest absolute Gasteiger partial charge is 0.366 e. The van der Waals surface area contributed by atoms with Gasteiger partial charge in [-0.05, 0) is 84.6 Å². The van der Waals surface area contributed by atoms with Crippen LogP contribution in [0.25, 0.3) is 11.1 Å². The molecule has 0 spiro atoms. The first-order valence-corrected chi connectivity index (χ1v) is 9.79. The topological polar surface area (TPSA) is 43.1 Å². The van der Waals surface area contributed by atoms with Crippen LogP contribution in [0.1, 0.15) is 61.2 Å². The van der Waals surface area contributed by atoms with Crippen LogP contribution < -0.4 is 5.73 Å². The average molecular weight is 342 g/mol. The third kappa shape index (κ3) is 4.27. The lowest BCUT2D eigenvalue weighted by Gasteiger charge is -2.34. The van der Waals surface area contributed by atoms with Crippen molar-refractivity contribution in [3.8, 4) is 11.1 Å². The summed E-state index contributed by atoms with van der Waals surface area (Å²) in [4.78, 5) is 12.6. The number of nitrogens with two attached hydrogens (primary N) is 1. The molecule has 128 valence electrons. The molecule has 1 amide bonds. The molecular formula is C21H27NOS. The van der Waals surface area contributed by atoms with Gasteiger partial charge in [-0.3, -0.25) is 4.79 Å². The van der Waals surface area contributed by atoms with E-state index < -0.39 is 0 Å². The van der Waals surface area contributed by atoms with Gasteiger partial charge in [0.15, 0.2) is 0 Å². The summed E-state index contributed by atoms with van der Waals surface area (Å²) in [5.74, 6) is 0.529. The summed E-state index contributed by atoms with van der Waals surface area (Å²) in [6.45, 7) is 4.80. The number of rotatable bonds is 5. The Morgan fingerprint density at radius 2 is 1.83 bits per heavy atom. The molecule has 0 atom stereocenters. The zero-order valence-electron chi connectivity index (χ0n) is 14.7. The molecule has 3 rings (SSSR count). The van der Waals surface area contributed by atoms with Crippen molar-refractivity contribution in [2.24, 2.45) is 17.1 Å². The Balaban J connectivity index is 1.57. The van der Waals surface area contributed by atoms with Crippen LogP contribution >= 0.6 is 11.3 Å². The number of aryl methyl sites for hydroxylation is 1. The smallest absolute Gasteiger partial charge is 0.248 e. The fourth-order valence-corrected chi connectivity index (χ4v) is 4.50. The summed E-state index contributed by atoms with van der Waals surface area (Å²) in [6.07, 6.45) is 8.03. The second kappa shape index (κ2) is 7.10. The van der Waals surface area contributed by atoms with Gasteiger partial charge in [0.25, 0.3) is 0 Å². The Bertz CT molecular complexity index is 689. The monoisotopic (exact) mass is 341 g/mol. The molecule has 2 aromatic rings. The van der Waals surface area contributed by atoms with E-state index >= 15 is 0 Å². The van der Waals surface area contributed by atoms with Crippen molar-refractivity contribution in [1.29, 1.82) is 0 Å².